The lowest BCUT2D eigenvalue weighted by Gasteiger charge is -2.52. The molecule has 3 aliphatic rings. The van der Waals surface area contributed by atoms with Crippen molar-refractivity contribution in [1.29, 1.82) is 0 Å². The number of carbonyl (C=O) groups is 5. The number of primary amides is 1. The van der Waals surface area contributed by atoms with Gasteiger partial charge >= 0.3 is 0 Å². The molecule has 11 nitrogen and oxygen atoms in total. The number of hydrogen-bond acceptors (Lipinski definition) is 10. The SMILES string of the molecule is CNc1c(O)c2c(c(F)c1CNCC(C)C)C[C@H]1C[C@H]3[C@H](N(C)C)C(=O)C(C(N)=O)C(=O)[C@@]3(O)C(=O)C1C2=O. The zero-order chi connectivity index (χ0) is 29.1. The molecule has 2 saturated carbocycles. The molecule has 6 atom stereocenters. The summed E-state index contributed by atoms with van der Waals surface area (Å²) < 4.78 is 16.0. The first-order valence-electron chi connectivity index (χ1n) is 13.0. The van der Waals surface area contributed by atoms with Crippen molar-refractivity contribution in [1.82, 2.24) is 10.2 Å². The van der Waals surface area contributed by atoms with Crippen LogP contribution in [0.25, 0.3) is 0 Å². The van der Waals surface area contributed by atoms with Gasteiger partial charge in [-0.05, 0) is 45.3 Å². The van der Waals surface area contributed by atoms with Crippen LogP contribution in [0.4, 0.5) is 10.1 Å². The van der Waals surface area contributed by atoms with E-state index >= 15 is 4.39 Å². The maximum Gasteiger partial charge on any atom is 0.235 e. The number of fused-ring (bicyclic) bond motifs is 3. The standard InChI is InChI=1S/C27H35FN4O7/c1-10(2)8-31-9-13-18(28)12-6-11-7-14-20(32(4)5)23(35)17(26(29)38)25(37)27(14,39)24(36)15(11)21(33)16(12)22(34)19(13)30-3/h10-11,14-15,17,20,30-31,34,39H,6-9H2,1-5H3,(H2,29,38)/t11-,14-,15?,17?,20-,27-/m0/s1. The van der Waals surface area contributed by atoms with Crippen molar-refractivity contribution in [2.75, 3.05) is 33.0 Å². The van der Waals surface area contributed by atoms with E-state index < -0.39 is 75.9 Å². The molecule has 0 aromatic heterocycles. The summed E-state index contributed by atoms with van der Waals surface area (Å²) in [6.45, 7) is 4.63. The molecule has 0 spiro atoms. The Hall–Kier alpha value is -3.22. The van der Waals surface area contributed by atoms with Gasteiger partial charge in [0, 0.05) is 30.6 Å². The van der Waals surface area contributed by atoms with Crippen molar-refractivity contribution in [2.45, 2.75) is 44.9 Å². The molecule has 4 rings (SSSR count). The van der Waals surface area contributed by atoms with Crippen LogP contribution in [0.2, 0.25) is 0 Å². The number of nitrogens with two attached hydrogens (primary N) is 1. The molecular formula is C27H35FN4O7. The average molecular weight is 547 g/mol. The van der Waals surface area contributed by atoms with Crippen LogP contribution in [0.5, 0.6) is 5.75 Å². The number of aliphatic hydroxyl groups is 1. The number of aromatic hydroxyl groups is 1. The topological polar surface area (TPSA) is 179 Å². The van der Waals surface area contributed by atoms with Crippen LogP contribution in [-0.2, 0) is 32.1 Å². The molecule has 6 N–H and O–H groups in total. The van der Waals surface area contributed by atoms with Gasteiger partial charge in [-0.15, -0.1) is 0 Å². The largest absolute Gasteiger partial charge is 0.505 e. The number of hydrogen-bond donors (Lipinski definition) is 5. The number of nitrogens with one attached hydrogen (secondary N) is 2. The Bertz CT molecular complexity index is 1280. The number of anilines is 1. The molecule has 2 unspecified atom stereocenters. The second kappa shape index (κ2) is 10.1. The number of phenols is 1. The Balaban J connectivity index is 1.84. The quantitative estimate of drug-likeness (QED) is 0.227. The van der Waals surface area contributed by atoms with Gasteiger partial charge in [0.2, 0.25) is 5.91 Å². The van der Waals surface area contributed by atoms with Crippen LogP contribution in [-0.4, -0.2) is 83.5 Å². The van der Waals surface area contributed by atoms with E-state index in [1.165, 1.54) is 26.0 Å². The molecule has 0 saturated heterocycles. The number of phenolic OH excluding ortho intramolecular Hbond substituents is 1. The van der Waals surface area contributed by atoms with E-state index in [1.54, 1.807) is 0 Å². The molecule has 212 valence electrons. The van der Waals surface area contributed by atoms with Gasteiger partial charge in [0.25, 0.3) is 0 Å². The van der Waals surface area contributed by atoms with Crippen molar-refractivity contribution in [3.63, 3.8) is 0 Å². The summed E-state index contributed by atoms with van der Waals surface area (Å²) in [5, 5.41) is 28.5. The molecular weight excluding hydrogens is 511 g/mol. The van der Waals surface area contributed by atoms with Crippen molar-refractivity contribution in [2.24, 2.45) is 35.3 Å². The fourth-order valence-electron chi connectivity index (χ4n) is 6.67. The molecule has 1 amide bonds. The molecule has 0 aliphatic heterocycles. The number of Topliss-reactive ketones (excluding diaryl/α,β-unsaturated/α-hetero) is 4. The highest BCUT2D eigenvalue weighted by atomic mass is 19.1. The Labute approximate surface area is 225 Å². The third-order valence-electron chi connectivity index (χ3n) is 8.37. The zero-order valence-corrected chi connectivity index (χ0v) is 22.6. The molecule has 1 aromatic carbocycles. The lowest BCUT2D eigenvalue weighted by Crippen LogP contribution is -2.74. The number of carbonyl (C=O) groups excluding carboxylic acids is 5. The number of halogens is 1. The van der Waals surface area contributed by atoms with Gasteiger partial charge in [-0.2, -0.15) is 0 Å². The fraction of sp³-hybridized carbons (Fsp3) is 0.593. The van der Waals surface area contributed by atoms with E-state index in [9.17, 15) is 34.2 Å². The minimum absolute atomic E-state index is 0.00467. The number of amides is 1. The van der Waals surface area contributed by atoms with Crippen LogP contribution in [0.1, 0.15) is 41.8 Å². The molecule has 3 aliphatic carbocycles. The summed E-state index contributed by atoms with van der Waals surface area (Å²) >= 11 is 0. The van der Waals surface area contributed by atoms with Gasteiger partial charge in [0.05, 0.1) is 23.2 Å². The van der Waals surface area contributed by atoms with Crippen LogP contribution >= 0.6 is 0 Å². The minimum atomic E-state index is -2.82. The summed E-state index contributed by atoms with van der Waals surface area (Å²) in [6, 6.07) is -1.22. The lowest BCUT2D eigenvalue weighted by atomic mass is 9.52. The zero-order valence-electron chi connectivity index (χ0n) is 22.6. The Morgan fingerprint density at radius 2 is 1.85 bits per heavy atom. The summed E-state index contributed by atoms with van der Waals surface area (Å²) in [6.07, 6.45) is -0.273. The highest BCUT2D eigenvalue weighted by Crippen LogP contribution is 2.52. The molecule has 2 fully saturated rings. The van der Waals surface area contributed by atoms with E-state index in [-0.39, 0.29) is 47.7 Å². The third kappa shape index (κ3) is 4.16. The van der Waals surface area contributed by atoms with Gasteiger partial charge in [0.1, 0.15) is 11.6 Å². The smallest absolute Gasteiger partial charge is 0.235 e. The van der Waals surface area contributed by atoms with Crippen LogP contribution < -0.4 is 16.4 Å². The first-order valence-corrected chi connectivity index (χ1v) is 13.0. The second-order valence-electron chi connectivity index (χ2n) is 11.4. The number of rotatable bonds is 7. The maximum absolute atomic E-state index is 16.0. The summed E-state index contributed by atoms with van der Waals surface area (Å²) in [4.78, 5) is 67.5. The van der Waals surface area contributed by atoms with E-state index in [2.05, 4.69) is 10.6 Å². The minimum Gasteiger partial charge on any atom is -0.505 e. The van der Waals surface area contributed by atoms with Crippen molar-refractivity contribution < 1.29 is 38.6 Å². The summed E-state index contributed by atoms with van der Waals surface area (Å²) in [7, 11) is 4.47. The summed E-state index contributed by atoms with van der Waals surface area (Å²) in [5.74, 6) is -12.2. The Morgan fingerprint density at radius 3 is 2.38 bits per heavy atom. The molecule has 0 bridgehead atoms. The van der Waals surface area contributed by atoms with Gasteiger partial charge in [-0.1, -0.05) is 13.8 Å². The van der Waals surface area contributed by atoms with Gasteiger partial charge in [-0.3, -0.25) is 28.9 Å². The van der Waals surface area contributed by atoms with Crippen LogP contribution in [0, 0.1) is 35.4 Å². The molecule has 1 aromatic rings. The molecule has 12 heteroatoms. The number of likely N-dealkylation sites (N-methyl/N-ethyl adjacent to an activating group) is 1. The first kappa shape index (κ1) is 28.8. The fourth-order valence-corrected chi connectivity index (χ4v) is 6.67. The Morgan fingerprint density at radius 1 is 1.21 bits per heavy atom. The Kier molecular flexibility index (Phi) is 7.43. The van der Waals surface area contributed by atoms with Crippen molar-refractivity contribution in [3.05, 3.63) is 22.5 Å². The monoisotopic (exact) mass is 546 g/mol. The maximum atomic E-state index is 16.0. The number of nitrogens with zero attached hydrogens (tertiary/aromatic N) is 1. The molecule has 39 heavy (non-hydrogen) atoms. The van der Waals surface area contributed by atoms with Crippen LogP contribution in [0.15, 0.2) is 0 Å². The predicted octanol–water partition coefficient (Wildman–Crippen LogP) is -0.207. The van der Waals surface area contributed by atoms with Gasteiger partial charge in [0.15, 0.2) is 34.7 Å². The van der Waals surface area contributed by atoms with E-state index in [4.69, 9.17) is 5.73 Å². The van der Waals surface area contributed by atoms with Crippen LogP contribution in [0.3, 0.4) is 0 Å². The van der Waals surface area contributed by atoms with Gasteiger partial charge < -0.3 is 26.6 Å². The van der Waals surface area contributed by atoms with E-state index in [0.717, 1.165) is 0 Å². The highest BCUT2D eigenvalue weighted by Gasteiger charge is 2.69. The summed E-state index contributed by atoms with van der Waals surface area (Å²) in [5.41, 5.74) is 2.20. The van der Waals surface area contributed by atoms with Crippen molar-refractivity contribution in [3.8, 4) is 5.75 Å². The average Bonchev–Trinajstić information content (AvgIpc) is 2.83. The number of benzene rings is 1. The molecule has 0 radical (unpaired) electrons. The van der Waals surface area contributed by atoms with Gasteiger partial charge in [-0.25, -0.2) is 4.39 Å². The van der Waals surface area contributed by atoms with E-state index in [0.29, 0.717) is 6.54 Å². The first-order chi connectivity index (χ1) is 18.2. The second-order valence-corrected chi connectivity index (χ2v) is 11.4. The number of ketones is 4. The predicted molar refractivity (Wildman–Crippen MR) is 137 cm³/mol. The van der Waals surface area contributed by atoms with E-state index in [1.807, 2.05) is 13.8 Å². The van der Waals surface area contributed by atoms with Crippen molar-refractivity contribution >= 4 is 34.7 Å². The molecule has 0 heterocycles. The normalized spacial score (nSPS) is 30.3. The highest BCUT2D eigenvalue weighted by molar-refractivity contribution is 6.32. The lowest BCUT2D eigenvalue weighted by molar-refractivity contribution is -0.181. The third-order valence-corrected chi connectivity index (χ3v) is 8.37.